The Morgan fingerprint density at radius 1 is 1.04 bits per heavy atom. The van der Waals surface area contributed by atoms with Crippen molar-refractivity contribution in [2.24, 2.45) is 0 Å². The van der Waals surface area contributed by atoms with Gasteiger partial charge in [0.25, 0.3) is 0 Å². The summed E-state index contributed by atoms with van der Waals surface area (Å²) in [7, 11) is 0. The molecule has 0 unspecified atom stereocenters. The van der Waals surface area contributed by atoms with Crippen molar-refractivity contribution in [1.29, 1.82) is 0 Å². The second kappa shape index (κ2) is 6.45. The van der Waals surface area contributed by atoms with Gasteiger partial charge in [0, 0.05) is 17.0 Å². The first kappa shape index (κ1) is 16.6. The molecule has 0 fully saturated rings. The van der Waals surface area contributed by atoms with Crippen LogP contribution in [0.4, 0.5) is 0 Å². The van der Waals surface area contributed by atoms with E-state index < -0.39 is 11.6 Å². The Morgan fingerprint density at radius 2 is 1.81 bits per heavy atom. The molecule has 0 aliphatic heterocycles. The van der Waals surface area contributed by atoms with Crippen molar-refractivity contribution >= 4 is 16.9 Å². The van der Waals surface area contributed by atoms with Crippen LogP contribution in [0.15, 0.2) is 45.6 Å². The van der Waals surface area contributed by atoms with Crippen LogP contribution in [-0.4, -0.2) is 5.97 Å². The molecule has 2 aromatic carbocycles. The fraction of sp³-hybridized carbons (Fsp3) is 0.273. The lowest BCUT2D eigenvalue weighted by atomic mass is 10.0. The summed E-state index contributed by atoms with van der Waals surface area (Å²) >= 11 is 0. The lowest BCUT2D eigenvalue weighted by Crippen LogP contribution is -2.08. The van der Waals surface area contributed by atoms with E-state index >= 15 is 0 Å². The minimum absolute atomic E-state index is 0.0483. The first-order valence-corrected chi connectivity index (χ1v) is 8.84. The highest BCUT2D eigenvalue weighted by Gasteiger charge is 2.16. The second-order valence-corrected chi connectivity index (χ2v) is 6.94. The van der Waals surface area contributed by atoms with E-state index in [-0.39, 0.29) is 6.61 Å². The summed E-state index contributed by atoms with van der Waals surface area (Å²) in [5.74, 6) is -0.393. The van der Waals surface area contributed by atoms with Gasteiger partial charge in [-0.15, -0.1) is 0 Å². The van der Waals surface area contributed by atoms with E-state index in [0.717, 1.165) is 35.8 Å². The fourth-order valence-corrected chi connectivity index (χ4v) is 3.51. The van der Waals surface area contributed by atoms with Gasteiger partial charge < -0.3 is 9.15 Å². The Bertz CT molecular complexity index is 1080. The van der Waals surface area contributed by atoms with E-state index in [1.54, 1.807) is 6.07 Å². The highest BCUT2D eigenvalue weighted by Crippen LogP contribution is 2.28. The Morgan fingerprint density at radius 3 is 2.58 bits per heavy atom. The molecule has 4 nitrogen and oxygen atoms in total. The molecule has 0 N–H and O–H groups in total. The summed E-state index contributed by atoms with van der Waals surface area (Å²) < 4.78 is 10.8. The molecule has 1 heterocycles. The van der Waals surface area contributed by atoms with Crippen LogP contribution in [0.25, 0.3) is 11.0 Å². The Hall–Kier alpha value is -2.88. The molecule has 0 bridgehead atoms. The van der Waals surface area contributed by atoms with Gasteiger partial charge in [0.2, 0.25) is 0 Å². The van der Waals surface area contributed by atoms with Crippen molar-refractivity contribution in [3.63, 3.8) is 0 Å². The molecule has 1 aromatic heterocycles. The number of carbonyl (C=O) groups is 1. The molecule has 0 spiro atoms. The van der Waals surface area contributed by atoms with Gasteiger partial charge in [0.15, 0.2) is 0 Å². The molecule has 1 aliphatic carbocycles. The van der Waals surface area contributed by atoms with Crippen LogP contribution >= 0.6 is 0 Å². The molecule has 4 heteroatoms. The van der Waals surface area contributed by atoms with Crippen LogP contribution in [0.1, 0.15) is 44.6 Å². The van der Waals surface area contributed by atoms with E-state index in [1.165, 1.54) is 17.2 Å². The summed E-state index contributed by atoms with van der Waals surface area (Å²) in [4.78, 5) is 24.3. The predicted molar refractivity (Wildman–Crippen MR) is 99.5 cm³/mol. The van der Waals surface area contributed by atoms with Gasteiger partial charge in [-0.25, -0.2) is 9.59 Å². The van der Waals surface area contributed by atoms with Crippen molar-refractivity contribution in [3.8, 4) is 0 Å². The molecule has 0 amide bonds. The summed E-state index contributed by atoms with van der Waals surface area (Å²) in [5, 5.41) is 0.845. The summed E-state index contributed by atoms with van der Waals surface area (Å²) in [6.45, 7) is 4.01. The number of hydrogen-bond acceptors (Lipinski definition) is 4. The van der Waals surface area contributed by atoms with E-state index in [1.807, 2.05) is 32.0 Å². The average molecular weight is 348 g/mol. The Kier molecular flexibility index (Phi) is 4.11. The molecule has 26 heavy (non-hydrogen) atoms. The molecule has 1 aliphatic rings. The van der Waals surface area contributed by atoms with Gasteiger partial charge in [-0.2, -0.15) is 0 Å². The zero-order valence-electron chi connectivity index (χ0n) is 14.9. The maximum absolute atomic E-state index is 12.4. The molecule has 132 valence electrons. The molecule has 3 aromatic rings. The van der Waals surface area contributed by atoms with Crippen molar-refractivity contribution in [2.75, 3.05) is 0 Å². The quantitative estimate of drug-likeness (QED) is 0.524. The first-order chi connectivity index (χ1) is 12.5. The lowest BCUT2D eigenvalue weighted by molar-refractivity contribution is 0.0473. The number of hydrogen-bond donors (Lipinski definition) is 0. The molecular weight excluding hydrogens is 328 g/mol. The Balaban J connectivity index is 1.63. The van der Waals surface area contributed by atoms with Gasteiger partial charge >= 0.3 is 11.6 Å². The number of benzene rings is 2. The SMILES string of the molecule is Cc1ccc(C(=O)OCc2cc(=O)oc3cc4c(cc23)CCC4)cc1C. The number of rotatable bonds is 3. The monoisotopic (exact) mass is 348 g/mol. The highest BCUT2D eigenvalue weighted by atomic mass is 16.5. The second-order valence-electron chi connectivity index (χ2n) is 6.94. The topological polar surface area (TPSA) is 56.5 Å². The zero-order chi connectivity index (χ0) is 18.3. The van der Waals surface area contributed by atoms with E-state index in [4.69, 9.17) is 9.15 Å². The standard InChI is InChI=1S/C22H20O4/c1-13-6-7-17(8-14(13)2)22(24)25-12-18-11-21(23)26-20-10-16-5-3-4-15(16)9-19(18)20/h6-11H,3-5,12H2,1-2H3. The Labute approximate surface area is 151 Å². The van der Waals surface area contributed by atoms with E-state index in [9.17, 15) is 9.59 Å². The van der Waals surface area contributed by atoms with Crippen LogP contribution in [-0.2, 0) is 24.2 Å². The van der Waals surface area contributed by atoms with Gasteiger partial charge in [0.1, 0.15) is 12.2 Å². The number of aryl methyl sites for hydroxylation is 4. The van der Waals surface area contributed by atoms with E-state index in [2.05, 4.69) is 6.07 Å². The van der Waals surface area contributed by atoms with Crippen LogP contribution in [0.3, 0.4) is 0 Å². The molecule has 0 radical (unpaired) electrons. The fourth-order valence-electron chi connectivity index (χ4n) is 3.51. The molecule has 0 atom stereocenters. The molecular formula is C22H20O4. The van der Waals surface area contributed by atoms with Crippen LogP contribution in [0.2, 0.25) is 0 Å². The van der Waals surface area contributed by atoms with Crippen LogP contribution in [0, 0.1) is 13.8 Å². The van der Waals surface area contributed by atoms with Crippen molar-refractivity contribution in [3.05, 3.63) is 80.2 Å². The molecule has 0 saturated heterocycles. The smallest absolute Gasteiger partial charge is 0.338 e. The maximum atomic E-state index is 12.4. The number of ether oxygens (including phenoxy) is 1. The molecule has 0 saturated carbocycles. The third-order valence-electron chi connectivity index (χ3n) is 5.14. The van der Waals surface area contributed by atoms with Crippen LogP contribution in [0.5, 0.6) is 0 Å². The third-order valence-corrected chi connectivity index (χ3v) is 5.14. The summed E-state index contributed by atoms with van der Waals surface area (Å²) in [5.41, 5.74) is 6.04. The van der Waals surface area contributed by atoms with Crippen molar-refractivity contribution in [1.82, 2.24) is 0 Å². The predicted octanol–water partition coefficient (Wildman–Crippen LogP) is 4.26. The maximum Gasteiger partial charge on any atom is 0.338 e. The first-order valence-electron chi connectivity index (χ1n) is 8.84. The minimum Gasteiger partial charge on any atom is -0.457 e. The zero-order valence-corrected chi connectivity index (χ0v) is 14.9. The van der Waals surface area contributed by atoms with Crippen molar-refractivity contribution in [2.45, 2.75) is 39.7 Å². The number of esters is 1. The molecule has 4 rings (SSSR count). The highest BCUT2D eigenvalue weighted by molar-refractivity contribution is 5.90. The van der Waals surface area contributed by atoms with E-state index in [0.29, 0.717) is 16.7 Å². The van der Waals surface area contributed by atoms with Gasteiger partial charge in [-0.1, -0.05) is 6.07 Å². The lowest BCUT2D eigenvalue weighted by Gasteiger charge is -2.10. The average Bonchev–Trinajstić information content (AvgIpc) is 3.07. The normalized spacial score (nSPS) is 13.0. The summed E-state index contributed by atoms with van der Waals surface area (Å²) in [6, 6.07) is 10.9. The van der Waals surface area contributed by atoms with Crippen LogP contribution < -0.4 is 5.63 Å². The minimum atomic E-state index is -0.423. The van der Waals surface area contributed by atoms with Gasteiger partial charge in [0.05, 0.1) is 5.56 Å². The van der Waals surface area contributed by atoms with Gasteiger partial charge in [-0.3, -0.25) is 0 Å². The third kappa shape index (κ3) is 3.03. The largest absolute Gasteiger partial charge is 0.457 e. The summed E-state index contributed by atoms with van der Waals surface area (Å²) in [6.07, 6.45) is 3.17. The number of carbonyl (C=O) groups excluding carboxylic acids is 1. The van der Waals surface area contributed by atoms with Gasteiger partial charge in [-0.05, 0) is 79.6 Å². The number of fused-ring (bicyclic) bond motifs is 2. The van der Waals surface area contributed by atoms with Crippen molar-refractivity contribution < 1.29 is 13.9 Å².